The van der Waals surface area contributed by atoms with Gasteiger partial charge in [0.2, 0.25) is 0 Å². The molecule has 1 heterocycles. The number of anilines is 2. The van der Waals surface area contributed by atoms with E-state index in [4.69, 9.17) is 25.8 Å². The Morgan fingerprint density at radius 1 is 1.11 bits per heavy atom. The van der Waals surface area contributed by atoms with Crippen LogP contribution in [-0.2, 0) is 9.47 Å². The average molecular weight is 405 g/mol. The van der Waals surface area contributed by atoms with Crippen molar-refractivity contribution < 1.29 is 23.8 Å². The fraction of sp³-hybridized carbons (Fsp3) is 0.300. The van der Waals surface area contributed by atoms with Gasteiger partial charge in [0.05, 0.1) is 49.9 Å². The molecule has 0 unspecified atom stereocenters. The van der Waals surface area contributed by atoms with Crippen LogP contribution in [0.3, 0.4) is 0 Å². The number of nitrogens with one attached hydrogen (secondary N) is 1. The molecule has 7 nitrogen and oxygen atoms in total. The standard InChI is InChI=1S/C20H21ClN2O5/c1-26-18-6-4-14(21)12-15(18)19(24)22-16-11-13(20(25)27-2)3-5-17(16)23-7-9-28-10-8-23/h3-6,11-12H,7-10H2,1-2H3,(H,22,24). The lowest BCUT2D eigenvalue weighted by molar-refractivity contribution is 0.0600. The Hall–Kier alpha value is -2.77. The third kappa shape index (κ3) is 4.37. The topological polar surface area (TPSA) is 77.1 Å². The number of benzene rings is 2. The van der Waals surface area contributed by atoms with Crippen LogP contribution in [0.2, 0.25) is 5.02 Å². The van der Waals surface area contributed by atoms with Crippen LogP contribution in [0.15, 0.2) is 36.4 Å². The zero-order valence-electron chi connectivity index (χ0n) is 15.7. The fourth-order valence-corrected chi connectivity index (χ4v) is 3.18. The quantitative estimate of drug-likeness (QED) is 0.771. The van der Waals surface area contributed by atoms with E-state index in [0.29, 0.717) is 53.9 Å². The molecule has 2 aromatic rings. The number of hydrogen-bond acceptors (Lipinski definition) is 6. The number of carbonyl (C=O) groups is 2. The minimum atomic E-state index is -0.482. The Morgan fingerprint density at radius 3 is 2.54 bits per heavy atom. The largest absolute Gasteiger partial charge is 0.496 e. The summed E-state index contributed by atoms with van der Waals surface area (Å²) in [5.74, 6) is -0.473. The number of methoxy groups -OCH3 is 2. The molecule has 0 aromatic heterocycles. The van der Waals surface area contributed by atoms with Crippen molar-refractivity contribution in [2.24, 2.45) is 0 Å². The van der Waals surface area contributed by atoms with Crippen molar-refractivity contribution in [1.29, 1.82) is 0 Å². The molecule has 2 aromatic carbocycles. The van der Waals surface area contributed by atoms with Crippen molar-refractivity contribution in [3.8, 4) is 5.75 Å². The van der Waals surface area contributed by atoms with Crippen LogP contribution in [0.5, 0.6) is 5.75 Å². The molecule has 0 radical (unpaired) electrons. The average Bonchev–Trinajstić information content (AvgIpc) is 2.73. The van der Waals surface area contributed by atoms with Gasteiger partial charge in [0.15, 0.2) is 0 Å². The number of hydrogen-bond donors (Lipinski definition) is 1. The summed E-state index contributed by atoms with van der Waals surface area (Å²) in [7, 11) is 2.80. The van der Waals surface area contributed by atoms with Crippen molar-refractivity contribution >= 4 is 34.9 Å². The number of halogens is 1. The van der Waals surface area contributed by atoms with Crippen LogP contribution >= 0.6 is 11.6 Å². The highest BCUT2D eigenvalue weighted by molar-refractivity contribution is 6.31. The maximum atomic E-state index is 12.9. The summed E-state index contributed by atoms with van der Waals surface area (Å²) in [4.78, 5) is 27.0. The maximum Gasteiger partial charge on any atom is 0.337 e. The van der Waals surface area contributed by atoms with E-state index in [9.17, 15) is 9.59 Å². The smallest absolute Gasteiger partial charge is 0.337 e. The third-order valence-corrected chi connectivity index (χ3v) is 4.66. The lowest BCUT2D eigenvalue weighted by Crippen LogP contribution is -2.36. The zero-order chi connectivity index (χ0) is 20.1. The molecule has 3 rings (SSSR count). The third-order valence-electron chi connectivity index (χ3n) is 4.42. The molecule has 0 aliphatic carbocycles. The molecule has 1 fully saturated rings. The summed E-state index contributed by atoms with van der Waals surface area (Å²) in [5, 5.41) is 3.30. The second-order valence-corrected chi connectivity index (χ2v) is 6.56. The zero-order valence-corrected chi connectivity index (χ0v) is 16.4. The monoisotopic (exact) mass is 404 g/mol. The molecule has 1 aliphatic heterocycles. The summed E-state index contributed by atoms with van der Waals surface area (Å²) in [5.41, 5.74) is 1.93. The summed E-state index contributed by atoms with van der Waals surface area (Å²) < 4.78 is 15.5. The number of rotatable bonds is 5. The number of carbonyl (C=O) groups excluding carboxylic acids is 2. The van der Waals surface area contributed by atoms with E-state index in [2.05, 4.69) is 10.2 Å². The Labute approximate surface area is 168 Å². The van der Waals surface area contributed by atoms with Gasteiger partial charge >= 0.3 is 5.97 Å². The molecule has 0 atom stereocenters. The summed E-state index contributed by atoms with van der Waals surface area (Å²) in [6, 6.07) is 9.88. The normalized spacial score (nSPS) is 13.8. The van der Waals surface area contributed by atoms with E-state index in [1.807, 2.05) is 0 Å². The van der Waals surface area contributed by atoms with Gasteiger partial charge in [0, 0.05) is 18.1 Å². The molecule has 0 saturated carbocycles. The number of amides is 1. The summed E-state index contributed by atoms with van der Waals surface area (Å²) >= 11 is 6.04. The minimum Gasteiger partial charge on any atom is -0.496 e. The van der Waals surface area contributed by atoms with Gasteiger partial charge in [-0.3, -0.25) is 4.79 Å². The first-order valence-electron chi connectivity index (χ1n) is 8.73. The van der Waals surface area contributed by atoms with Gasteiger partial charge in [-0.05, 0) is 36.4 Å². The first kappa shape index (κ1) is 20.0. The predicted molar refractivity (Wildman–Crippen MR) is 107 cm³/mol. The summed E-state index contributed by atoms with van der Waals surface area (Å²) in [6.45, 7) is 2.55. The molecule has 0 bridgehead atoms. The lowest BCUT2D eigenvalue weighted by Gasteiger charge is -2.30. The van der Waals surface area contributed by atoms with Crippen LogP contribution in [0.25, 0.3) is 0 Å². The van der Waals surface area contributed by atoms with Gasteiger partial charge in [-0.2, -0.15) is 0 Å². The molecule has 1 N–H and O–H groups in total. The van der Waals surface area contributed by atoms with E-state index in [1.54, 1.807) is 30.3 Å². The van der Waals surface area contributed by atoms with Crippen molar-refractivity contribution in [3.63, 3.8) is 0 Å². The molecular weight excluding hydrogens is 384 g/mol. The van der Waals surface area contributed by atoms with Gasteiger partial charge in [-0.15, -0.1) is 0 Å². The van der Waals surface area contributed by atoms with Crippen LogP contribution in [0.4, 0.5) is 11.4 Å². The Kier molecular flexibility index (Phi) is 6.38. The first-order valence-corrected chi connectivity index (χ1v) is 9.11. The van der Waals surface area contributed by atoms with Crippen LogP contribution in [-0.4, -0.2) is 52.4 Å². The molecule has 0 spiro atoms. The fourth-order valence-electron chi connectivity index (χ4n) is 3.01. The Balaban J connectivity index is 1.97. The van der Waals surface area contributed by atoms with Gasteiger partial charge in [0.1, 0.15) is 5.75 Å². The van der Waals surface area contributed by atoms with E-state index in [1.165, 1.54) is 20.3 Å². The van der Waals surface area contributed by atoms with Gasteiger partial charge in [-0.1, -0.05) is 11.6 Å². The highest BCUT2D eigenvalue weighted by atomic mass is 35.5. The highest BCUT2D eigenvalue weighted by Gasteiger charge is 2.20. The number of nitrogens with zero attached hydrogens (tertiary/aromatic N) is 1. The van der Waals surface area contributed by atoms with Crippen LogP contribution in [0, 0.1) is 0 Å². The van der Waals surface area contributed by atoms with E-state index < -0.39 is 11.9 Å². The molecule has 1 saturated heterocycles. The number of esters is 1. The van der Waals surface area contributed by atoms with Gasteiger partial charge in [0.25, 0.3) is 5.91 Å². The number of ether oxygens (including phenoxy) is 3. The van der Waals surface area contributed by atoms with E-state index in [-0.39, 0.29) is 0 Å². The first-order chi connectivity index (χ1) is 13.5. The second kappa shape index (κ2) is 8.95. The van der Waals surface area contributed by atoms with Gasteiger partial charge < -0.3 is 24.4 Å². The van der Waals surface area contributed by atoms with E-state index in [0.717, 1.165) is 5.69 Å². The molecule has 1 aliphatic rings. The number of morpholine rings is 1. The van der Waals surface area contributed by atoms with Crippen LogP contribution in [0.1, 0.15) is 20.7 Å². The van der Waals surface area contributed by atoms with Crippen molar-refractivity contribution in [1.82, 2.24) is 0 Å². The minimum absolute atomic E-state index is 0.298. The molecule has 148 valence electrons. The lowest BCUT2D eigenvalue weighted by atomic mass is 10.1. The molecule has 1 amide bonds. The predicted octanol–water partition coefficient (Wildman–Crippen LogP) is 3.22. The Morgan fingerprint density at radius 2 is 1.86 bits per heavy atom. The molecular formula is C20H21ClN2O5. The Bertz CT molecular complexity index is 881. The molecule has 8 heteroatoms. The molecule has 28 heavy (non-hydrogen) atoms. The van der Waals surface area contributed by atoms with Crippen molar-refractivity contribution in [2.75, 3.05) is 50.7 Å². The summed E-state index contributed by atoms with van der Waals surface area (Å²) in [6.07, 6.45) is 0. The SMILES string of the molecule is COC(=O)c1ccc(N2CCOCC2)c(NC(=O)c2cc(Cl)ccc2OC)c1. The highest BCUT2D eigenvalue weighted by Crippen LogP contribution is 2.30. The maximum absolute atomic E-state index is 12.9. The van der Waals surface area contributed by atoms with Crippen molar-refractivity contribution in [2.45, 2.75) is 0 Å². The van der Waals surface area contributed by atoms with Crippen molar-refractivity contribution in [3.05, 3.63) is 52.5 Å². The van der Waals surface area contributed by atoms with Gasteiger partial charge in [-0.25, -0.2) is 4.79 Å². The second-order valence-electron chi connectivity index (χ2n) is 6.12. The van der Waals surface area contributed by atoms with Crippen LogP contribution < -0.4 is 15.0 Å². The van der Waals surface area contributed by atoms with E-state index >= 15 is 0 Å².